The summed E-state index contributed by atoms with van der Waals surface area (Å²) in [5.41, 5.74) is 2.29. The quantitative estimate of drug-likeness (QED) is 0.833. The normalized spacial score (nSPS) is 12.0. The minimum Gasteiger partial charge on any atom is -0.460 e. The van der Waals surface area contributed by atoms with Crippen molar-refractivity contribution in [2.75, 3.05) is 39.6 Å². The highest BCUT2D eigenvalue weighted by atomic mass is 16.3. The van der Waals surface area contributed by atoms with Gasteiger partial charge in [0.15, 0.2) is 12.3 Å². The lowest BCUT2D eigenvalue weighted by atomic mass is 10.2. The highest BCUT2D eigenvalue weighted by Gasteiger charge is 2.16. The monoisotopic (exact) mass is 330 g/mol. The molecule has 1 unspecified atom stereocenters. The molecular weight excluding hydrogens is 302 g/mol. The number of nitrogens with zero attached hydrogens (tertiary/aromatic N) is 2. The van der Waals surface area contributed by atoms with E-state index in [1.54, 1.807) is 4.90 Å². The summed E-state index contributed by atoms with van der Waals surface area (Å²) in [5.74, 6) is 1.95. The first-order chi connectivity index (χ1) is 11.3. The van der Waals surface area contributed by atoms with Gasteiger partial charge in [0.25, 0.3) is 5.91 Å². The third-order valence-electron chi connectivity index (χ3n) is 4.02. The molecule has 24 heavy (non-hydrogen) atoms. The number of carbonyl (C=O) groups excluding carboxylic acids is 1. The van der Waals surface area contributed by atoms with Crippen molar-refractivity contribution in [2.24, 2.45) is 0 Å². The van der Waals surface area contributed by atoms with Gasteiger partial charge in [0.1, 0.15) is 12.3 Å². The Morgan fingerprint density at radius 3 is 2.29 bits per heavy atom. The minimum absolute atomic E-state index is 0.132. The molecule has 2 aromatic rings. The van der Waals surface area contributed by atoms with E-state index in [4.69, 9.17) is 4.42 Å². The molecule has 1 aromatic carbocycles. The van der Waals surface area contributed by atoms with Crippen LogP contribution < -0.4 is 9.80 Å². The first kappa shape index (κ1) is 18.1. The fourth-order valence-corrected chi connectivity index (χ4v) is 2.59. The van der Waals surface area contributed by atoms with E-state index in [1.807, 2.05) is 47.2 Å². The summed E-state index contributed by atoms with van der Waals surface area (Å²) in [6.07, 6.45) is 0. The van der Waals surface area contributed by atoms with Crippen LogP contribution in [0.5, 0.6) is 0 Å². The lowest BCUT2D eigenvalue weighted by Crippen LogP contribution is -3.08. The van der Waals surface area contributed by atoms with Crippen LogP contribution in [0.15, 0.2) is 40.8 Å². The third-order valence-corrected chi connectivity index (χ3v) is 4.02. The molecule has 1 aromatic heterocycles. The van der Waals surface area contributed by atoms with Gasteiger partial charge in [0.05, 0.1) is 7.05 Å². The smallest absolute Gasteiger partial charge is 0.277 e. The van der Waals surface area contributed by atoms with E-state index in [-0.39, 0.29) is 5.91 Å². The Kier molecular flexibility index (Phi) is 6.04. The van der Waals surface area contributed by atoms with E-state index in [0.29, 0.717) is 19.6 Å². The highest BCUT2D eigenvalue weighted by molar-refractivity contribution is 5.76. The van der Waals surface area contributed by atoms with Crippen LogP contribution in [0.2, 0.25) is 0 Å². The van der Waals surface area contributed by atoms with E-state index < -0.39 is 0 Å². The van der Waals surface area contributed by atoms with Gasteiger partial charge in [-0.2, -0.15) is 0 Å². The summed E-state index contributed by atoms with van der Waals surface area (Å²) in [7, 11) is 7.90. The van der Waals surface area contributed by atoms with E-state index in [9.17, 15) is 4.79 Å². The van der Waals surface area contributed by atoms with Crippen molar-refractivity contribution < 1.29 is 14.1 Å². The van der Waals surface area contributed by atoms with E-state index >= 15 is 0 Å². The Morgan fingerprint density at radius 1 is 1.08 bits per heavy atom. The summed E-state index contributed by atoms with van der Waals surface area (Å²) in [6, 6.07) is 12.2. The van der Waals surface area contributed by atoms with Crippen LogP contribution in [0.25, 0.3) is 0 Å². The number of hydrogen-bond donors (Lipinski definition) is 1. The fourth-order valence-electron chi connectivity index (χ4n) is 2.59. The number of benzene rings is 1. The maximum atomic E-state index is 12.4. The van der Waals surface area contributed by atoms with Gasteiger partial charge in [-0.1, -0.05) is 12.1 Å². The van der Waals surface area contributed by atoms with Gasteiger partial charge in [-0.15, -0.1) is 0 Å². The van der Waals surface area contributed by atoms with Crippen molar-refractivity contribution in [3.05, 3.63) is 53.5 Å². The SMILES string of the molecule is Cc1ccc(C[NH+](C)CC(=O)N(C)Cc2ccc(N(C)C)cc2)o1. The molecule has 1 N–H and O–H groups in total. The Bertz CT molecular complexity index is 662. The maximum absolute atomic E-state index is 12.4. The molecule has 1 atom stereocenters. The van der Waals surface area contributed by atoms with Crippen molar-refractivity contribution in [3.8, 4) is 0 Å². The van der Waals surface area contributed by atoms with Gasteiger partial charge >= 0.3 is 0 Å². The molecule has 2 rings (SSSR count). The Labute approximate surface area is 144 Å². The molecule has 5 nitrogen and oxygen atoms in total. The number of likely N-dealkylation sites (N-methyl/N-ethyl adjacent to an activating group) is 2. The van der Waals surface area contributed by atoms with Gasteiger partial charge in [-0.3, -0.25) is 4.79 Å². The molecule has 1 heterocycles. The van der Waals surface area contributed by atoms with Crippen LogP contribution >= 0.6 is 0 Å². The van der Waals surface area contributed by atoms with Gasteiger partial charge in [0, 0.05) is 33.4 Å². The molecule has 0 fully saturated rings. The van der Waals surface area contributed by atoms with E-state index in [1.165, 1.54) is 0 Å². The summed E-state index contributed by atoms with van der Waals surface area (Å²) in [6.45, 7) is 3.72. The van der Waals surface area contributed by atoms with Crippen molar-refractivity contribution in [3.63, 3.8) is 0 Å². The molecule has 0 radical (unpaired) electrons. The number of amides is 1. The molecule has 0 saturated heterocycles. The number of aryl methyl sites for hydroxylation is 1. The maximum Gasteiger partial charge on any atom is 0.277 e. The summed E-state index contributed by atoms with van der Waals surface area (Å²) in [5, 5.41) is 0. The minimum atomic E-state index is 0.132. The van der Waals surface area contributed by atoms with Crippen LogP contribution in [-0.4, -0.2) is 45.5 Å². The van der Waals surface area contributed by atoms with Crippen molar-refractivity contribution in [1.82, 2.24) is 4.90 Å². The van der Waals surface area contributed by atoms with Crippen molar-refractivity contribution >= 4 is 11.6 Å². The predicted octanol–water partition coefficient (Wildman–Crippen LogP) is 1.33. The van der Waals surface area contributed by atoms with Crippen LogP contribution in [0.4, 0.5) is 5.69 Å². The lowest BCUT2D eigenvalue weighted by molar-refractivity contribution is -0.886. The molecule has 0 bridgehead atoms. The number of quaternary nitrogens is 1. The zero-order valence-corrected chi connectivity index (χ0v) is 15.3. The lowest BCUT2D eigenvalue weighted by Gasteiger charge is -2.20. The number of furan rings is 1. The molecule has 130 valence electrons. The Morgan fingerprint density at radius 2 is 1.75 bits per heavy atom. The van der Waals surface area contributed by atoms with E-state index in [0.717, 1.165) is 27.7 Å². The van der Waals surface area contributed by atoms with Gasteiger partial charge in [-0.25, -0.2) is 0 Å². The van der Waals surface area contributed by atoms with Gasteiger partial charge in [0.2, 0.25) is 0 Å². The molecule has 5 heteroatoms. The average molecular weight is 330 g/mol. The zero-order chi connectivity index (χ0) is 17.7. The molecule has 0 saturated carbocycles. The number of carbonyl (C=O) groups is 1. The number of nitrogens with one attached hydrogen (secondary N) is 1. The molecule has 0 aliphatic rings. The van der Waals surface area contributed by atoms with Crippen LogP contribution in [-0.2, 0) is 17.9 Å². The molecule has 1 amide bonds. The van der Waals surface area contributed by atoms with Crippen LogP contribution in [0, 0.1) is 6.92 Å². The van der Waals surface area contributed by atoms with Gasteiger partial charge in [-0.05, 0) is 36.8 Å². The highest BCUT2D eigenvalue weighted by Crippen LogP contribution is 2.13. The topological polar surface area (TPSA) is 41.1 Å². The number of rotatable bonds is 7. The summed E-state index contributed by atoms with van der Waals surface area (Å²) >= 11 is 0. The van der Waals surface area contributed by atoms with Crippen molar-refractivity contribution in [1.29, 1.82) is 0 Å². The Balaban J connectivity index is 1.84. The number of anilines is 1. The fraction of sp³-hybridized carbons (Fsp3) is 0.421. The standard InChI is InChI=1S/C19H27N3O2/c1-15-6-11-18(24-15)13-21(4)14-19(23)22(5)12-16-7-9-17(10-8-16)20(2)3/h6-11H,12-14H2,1-5H3/p+1. The average Bonchev–Trinajstić information content (AvgIpc) is 2.92. The molecule has 0 aliphatic carbocycles. The zero-order valence-electron chi connectivity index (χ0n) is 15.3. The second kappa shape index (κ2) is 8.02. The predicted molar refractivity (Wildman–Crippen MR) is 96.1 cm³/mol. The number of hydrogen-bond acceptors (Lipinski definition) is 3. The Hall–Kier alpha value is -2.27. The summed E-state index contributed by atoms with van der Waals surface area (Å²) in [4.78, 5) is 17.4. The van der Waals surface area contributed by atoms with Crippen molar-refractivity contribution in [2.45, 2.75) is 20.0 Å². The van der Waals surface area contributed by atoms with Crippen LogP contribution in [0.3, 0.4) is 0 Å². The summed E-state index contributed by atoms with van der Waals surface area (Å²) < 4.78 is 5.57. The van der Waals surface area contributed by atoms with E-state index in [2.05, 4.69) is 29.2 Å². The largest absolute Gasteiger partial charge is 0.460 e. The second-order valence-electron chi connectivity index (χ2n) is 6.63. The first-order valence-electron chi connectivity index (χ1n) is 8.22. The van der Waals surface area contributed by atoms with Gasteiger partial charge < -0.3 is 19.1 Å². The third kappa shape index (κ3) is 5.13. The molecule has 0 spiro atoms. The first-order valence-corrected chi connectivity index (χ1v) is 8.22. The second-order valence-corrected chi connectivity index (χ2v) is 6.63. The van der Waals surface area contributed by atoms with Crippen LogP contribution in [0.1, 0.15) is 17.1 Å². The molecular formula is C19H28N3O2+. The molecule has 0 aliphatic heterocycles.